The van der Waals surface area contributed by atoms with Gasteiger partial charge in [0.15, 0.2) is 0 Å². The van der Waals surface area contributed by atoms with Gasteiger partial charge >= 0.3 is 0 Å². The van der Waals surface area contributed by atoms with Gasteiger partial charge in [0.2, 0.25) is 0 Å². The molecule has 52 heavy (non-hydrogen) atoms. The molecule has 0 saturated carbocycles. The monoisotopic (exact) mass is 725 g/mol. The van der Waals surface area contributed by atoms with Crippen LogP contribution < -0.4 is 0 Å². The average molecular weight is 726 g/mol. The second-order valence-electron chi connectivity index (χ2n) is 11.1. The second kappa shape index (κ2) is 30.1. The Morgan fingerprint density at radius 2 is 0.615 bits per heavy atom. The largest absolute Gasteiger partial charge is 0.379 e. The molecule has 3 rings (SSSR count). The van der Waals surface area contributed by atoms with E-state index in [9.17, 15) is 0 Å². The first kappa shape index (κ1) is 43.0. The van der Waals surface area contributed by atoms with E-state index in [2.05, 4.69) is 46.4 Å². The molecule has 0 saturated heterocycles. The van der Waals surface area contributed by atoms with Crippen LogP contribution in [-0.4, -0.2) is 132 Å². The Labute approximate surface area is 307 Å². The third-order valence-electron chi connectivity index (χ3n) is 7.46. The zero-order valence-electron chi connectivity index (χ0n) is 30.2. The summed E-state index contributed by atoms with van der Waals surface area (Å²) in [5.41, 5.74) is 10.6. The Hall–Kier alpha value is -3.43. The summed E-state index contributed by atoms with van der Waals surface area (Å²) >= 11 is 0. The first-order valence-corrected chi connectivity index (χ1v) is 17.9. The highest BCUT2D eigenvalue weighted by Gasteiger charge is 2.37. The van der Waals surface area contributed by atoms with Crippen LogP contribution in [0.25, 0.3) is 10.4 Å². The van der Waals surface area contributed by atoms with Gasteiger partial charge in [0.25, 0.3) is 0 Å². The zero-order chi connectivity index (χ0) is 36.5. The maximum atomic E-state index is 8.16. The average Bonchev–Trinajstić information content (AvgIpc) is 3.19. The van der Waals surface area contributed by atoms with E-state index >= 15 is 0 Å². The molecule has 3 aromatic rings. The van der Waals surface area contributed by atoms with Crippen molar-refractivity contribution in [2.45, 2.75) is 5.60 Å². The van der Waals surface area contributed by atoms with Crippen molar-refractivity contribution in [2.75, 3.05) is 132 Å². The Morgan fingerprint density at radius 1 is 0.365 bits per heavy atom. The van der Waals surface area contributed by atoms with Gasteiger partial charge in [-0.25, -0.2) is 0 Å². The zero-order valence-corrected chi connectivity index (χ0v) is 30.2. The number of hydrogen-bond acceptors (Lipinski definition) is 11. The van der Waals surface area contributed by atoms with Crippen molar-refractivity contribution in [2.24, 2.45) is 5.11 Å². The summed E-state index contributed by atoms with van der Waals surface area (Å²) in [6, 6.07) is 30.9. The minimum atomic E-state index is -0.753. The lowest BCUT2D eigenvalue weighted by atomic mass is 9.80. The summed E-state index contributed by atoms with van der Waals surface area (Å²) in [6.45, 7) is 9.32. The Bertz CT molecular complexity index is 1190. The van der Waals surface area contributed by atoms with Gasteiger partial charge in [-0.15, -0.1) is 0 Å². The Balaban J connectivity index is 1.09. The van der Waals surface area contributed by atoms with E-state index in [0.29, 0.717) is 132 Å². The predicted molar refractivity (Wildman–Crippen MR) is 197 cm³/mol. The molecular formula is C39H55N3O10. The van der Waals surface area contributed by atoms with Crippen LogP contribution in [0.4, 0.5) is 0 Å². The van der Waals surface area contributed by atoms with E-state index in [4.69, 9.17) is 52.9 Å². The first-order valence-electron chi connectivity index (χ1n) is 17.9. The predicted octanol–water partition coefficient (Wildman–Crippen LogP) is 5.45. The molecule has 0 radical (unpaired) electrons. The van der Waals surface area contributed by atoms with Crippen LogP contribution >= 0.6 is 0 Å². The highest BCUT2D eigenvalue weighted by molar-refractivity contribution is 5.47. The minimum Gasteiger partial charge on any atom is -0.379 e. The van der Waals surface area contributed by atoms with Crippen molar-refractivity contribution >= 4 is 0 Å². The summed E-state index contributed by atoms with van der Waals surface area (Å²) in [7, 11) is 0. The summed E-state index contributed by atoms with van der Waals surface area (Å²) in [6.07, 6.45) is 0. The summed E-state index contributed by atoms with van der Waals surface area (Å²) in [5.74, 6) is 0. The van der Waals surface area contributed by atoms with Crippen LogP contribution in [-0.2, 0) is 53.0 Å². The lowest BCUT2D eigenvalue weighted by molar-refractivity contribution is -0.0399. The van der Waals surface area contributed by atoms with Crippen LogP contribution in [0.3, 0.4) is 0 Å². The van der Waals surface area contributed by atoms with Gasteiger partial charge in [-0.1, -0.05) is 96.1 Å². The van der Waals surface area contributed by atoms with Crippen LogP contribution in [0.1, 0.15) is 16.7 Å². The van der Waals surface area contributed by atoms with Gasteiger partial charge in [0, 0.05) is 11.5 Å². The lowest BCUT2D eigenvalue weighted by Crippen LogP contribution is -2.34. The summed E-state index contributed by atoms with van der Waals surface area (Å²) < 4.78 is 56.4. The number of ether oxygens (including phenoxy) is 10. The van der Waals surface area contributed by atoms with Crippen LogP contribution in [0.15, 0.2) is 96.1 Å². The maximum Gasteiger partial charge on any atom is 0.143 e. The topological polar surface area (TPSA) is 141 Å². The van der Waals surface area contributed by atoms with Gasteiger partial charge < -0.3 is 47.4 Å². The molecule has 13 nitrogen and oxygen atoms in total. The maximum absolute atomic E-state index is 8.16. The number of rotatable bonds is 34. The molecular weight excluding hydrogens is 670 g/mol. The molecule has 0 fully saturated rings. The molecule has 0 atom stereocenters. The second-order valence-corrected chi connectivity index (χ2v) is 11.1. The number of nitrogens with zero attached hydrogens (tertiary/aromatic N) is 3. The van der Waals surface area contributed by atoms with Gasteiger partial charge in [0.1, 0.15) is 5.60 Å². The molecule has 0 aliphatic rings. The fraction of sp³-hybridized carbons (Fsp3) is 0.538. The summed E-state index contributed by atoms with van der Waals surface area (Å²) in [4.78, 5) is 2.65. The van der Waals surface area contributed by atoms with E-state index in [1.165, 1.54) is 0 Å². The molecule has 0 amide bonds. The number of benzene rings is 3. The minimum absolute atomic E-state index is 0.326. The molecule has 0 unspecified atom stereocenters. The quantitative estimate of drug-likeness (QED) is 0.0257. The molecule has 0 aliphatic heterocycles. The van der Waals surface area contributed by atoms with Crippen molar-refractivity contribution in [1.29, 1.82) is 0 Å². The third kappa shape index (κ3) is 18.4. The van der Waals surface area contributed by atoms with E-state index in [1.54, 1.807) is 0 Å². The van der Waals surface area contributed by atoms with Crippen molar-refractivity contribution in [3.05, 3.63) is 118 Å². The molecule has 0 bridgehead atoms. The van der Waals surface area contributed by atoms with Crippen molar-refractivity contribution in [1.82, 2.24) is 0 Å². The highest BCUT2D eigenvalue weighted by atomic mass is 16.6. The molecule has 286 valence electrons. The Morgan fingerprint density at radius 3 is 0.885 bits per heavy atom. The van der Waals surface area contributed by atoms with E-state index in [-0.39, 0.29) is 0 Å². The fourth-order valence-corrected chi connectivity index (χ4v) is 5.03. The van der Waals surface area contributed by atoms with Crippen molar-refractivity contribution in [3.8, 4) is 0 Å². The molecule has 0 aliphatic carbocycles. The number of hydrogen-bond donors (Lipinski definition) is 0. The molecule has 0 heterocycles. The molecule has 0 spiro atoms. The van der Waals surface area contributed by atoms with Gasteiger partial charge in [-0.2, -0.15) is 0 Å². The van der Waals surface area contributed by atoms with Crippen LogP contribution in [0, 0.1) is 0 Å². The van der Waals surface area contributed by atoms with Crippen molar-refractivity contribution in [3.63, 3.8) is 0 Å². The van der Waals surface area contributed by atoms with Crippen LogP contribution in [0.5, 0.6) is 0 Å². The molecule has 0 N–H and O–H groups in total. The van der Waals surface area contributed by atoms with Crippen LogP contribution in [0.2, 0.25) is 0 Å². The van der Waals surface area contributed by atoms with E-state index < -0.39 is 5.60 Å². The van der Waals surface area contributed by atoms with Crippen molar-refractivity contribution < 1.29 is 47.4 Å². The van der Waals surface area contributed by atoms with Gasteiger partial charge in [0.05, 0.1) is 126 Å². The summed E-state index contributed by atoms with van der Waals surface area (Å²) in [5, 5.41) is 3.38. The normalized spacial score (nSPS) is 11.5. The molecule has 0 aromatic heterocycles. The number of azide groups is 1. The molecule has 3 aromatic carbocycles. The Kier molecular flexibility index (Phi) is 24.9. The smallest absolute Gasteiger partial charge is 0.143 e. The third-order valence-corrected chi connectivity index (χ3v) is 7.46. The fourth-order valence-electron chi connectivity index (χ4n) is 5.03. The lowest BCUT2D eigenvalue weighted by Gasteiger charge is -2.36. The SMILES string of the molecule is [N-]=[N+]=NCCOCCOCCOCCOCCOCCOCCOCCOCCOCCOC(c1ccccc1)(c1ccccc1)c1ccccc1. The first-order chi connectivity index (χ1) is 25.9. The van der Waals surface area contributed by atoms with E-state index in [0.717, 1.165) is 16.7 Å². The van der Waals surface area contributed by atoms with Gasteiger partial charge in [-0.3, -0.25) is 0 Å². The van der Waals surface area contributed by atoms with Gasteiger partial charge in [-0.05, 0) is 22.2 Å². The standard InChI is InChI=1S/C39H55N3O10/c40-42-41-16-17-43-18-19-44-20-21-45-22-23-46-24-25-47-26-27-48-28-29-49-30-31-50-32-33-51-34-35-52-39(36-10-4-1-5-11-36,37-12-6-2-7-13-37)38-14-8-3-9-15-38/h1-15H,16-35H2. The van der Waals surface area contributed by atoms with E-state index in [1.807, 2.05) is 54.6 Å². The molecule has 13 heteroatoms. The highest BCUT2D eigenvalue weighted by Crippen LogP contribution is 2.40.